The molecule has 2 unspecified atom stereocenters. The second-order valence-electron chi connectivity index (χ2n) is 4.48. The molecule has 7 heteroatoms. The number of allylic oxidation sites excluding steroid dienone is 2. The molecule has 104 valence electrons. The summed E-state index contributed by atoms with van der Waals surface area (Å²) in [5.74, 6) is 0. The second kappa shape index (κ2) is 5.22. The van der Waals surface area contributed by atoms with E-state index in [0.29, 0.717) is 5.56 Å². The first-order valence-corrected chi connectivity index (χ1v) is 5.88. The second-order valence-corrected chi connectivity index (χ2v) is 4.48. The van der Waals surface area contributed by atoms with Crippen molar-refractivity contribution in [1.82, 2.24) is 0 Å². The Balaban J connectivity index is 2.53. The zero-order valence-electron chi connectivity index (χ0n) is 10.4. The highest BCUT2D eigenvalue weighted by molar-refractivity contribution is 5.31. The van der Waals surface area contributed by atoms with Gasteiger partial charge < -0.3 is 5.11 Å². The van der Waals surface area contributed by atoms with Crippen LogP contribution in [-0.4, -0.2) is 26.6 Å². The Kier molecular flexibility index (Phi) is 3.62. The average Bonchev–Trinajstić information content (AvgIpc) is 2.41. The van der Waals surface area contributed by atoms with Gasteiger partial charge in [0.2, 0.25) is 0 Å². The molecule has 0 saturated carbocycles. The summed E-state index contributed by atoms with van der Waals surface area (Å²) < 4.78 is 0. The zero-order valence-corrected chi connectivity index (χ0v) is 10.4. The molecule has 1 aromatic carbocycles. The molecular formula is C13H12N2O5. The molecule has 7 nitrogen and oxygen atoms in total. The van der Waals surface area contributed by atoms with E-state index in [9.17, 15) is 25.3 Å². The van der Waals surface area contributed by atoms with Crippen LogP contribution in [0.4, 0.5) is 0 Å². The maximum Gasteiger partial charge on any atom is 0.342 e. The fourth-order valence-corrected chi connectivity index (χ4v) is 2.29. The van der Waals surface area contributed by atoms with Gasteiger partial charge in [-0.05, 0) is 11.6 Å². The van der Waals surface area contributed by atoms with E-state index >= 15 is 0 Å². The number of nitro groups is 2. The van der Waals surface area contributed by atoms with Crippen LogP contribution in [0.25, 0.3) is 0 Å². The molecular weight excluding hydrogens is 264 g/mol. The average molecular weight is 276 g/mol. The number of nitrogens with zero attached hydrogens (tertiary/aromatic N) is 2. The topological polar surface area (TPSA) is 107 Å². The van der Waals surface area contributed by atoms with Gasteiger partial charge in [-0.1, -0.05) is 36.4 Å². The maximum atomic E-state index is 11.5. The summed E-state index contributed by atoms with van der Waals surface area (Å²) in [6.45, 7) is 0. The van der Waals surface area contributed by atoms with Crippen LogP contribution in [0.2, 0.25) is 0 Å². The SMILES string of the molecule is O=[N+]([O-])C1=CC=CC(O)C1(Cc1ccccc1)[N+](=O)[O-]. The number of benzene rings is 1. The number of aliphatic hydroxyl groups excluding tert-OH is 1. The zero-order chi connectivity index (χ0) is 14.8. The van der Waals surface area contributed by atoms with E-state index in [1.165, 1.54) is 12.2 Å². The van der Waals surface area contributed by atoms with Crippen LogP contribution in [-0.2, 0) is 6.42 Å². The Hall–Kier alpha value is -2.54. The van der Waals surface area contributed by atoms with Crippen molar-refractivity contribution >= 4 is 0 Å². The van der Waals surface area contributed by atoms with Gasteiger partial charge >= 0.3 is 11.2 Å². The van der Waals surface area contributed by atoms with Gasteiger partial charge in [0.1, 0.15) is 0 Å². The minimum atomic E-state index is -2.17. The van der Waals surface area contributed by atoms with Crippen molar-refractivity contribution in [2.24, 2.45) is 0 Å². The summed E-state index contributed by atoms with van der Waals surface area (Å²) in [6, 6.07) is 8.37. The van der Waals surface area contributed by atoms with Gasteiger partial charge in [0.25, 0.3) is 0 Å². The lowest BCUT2D eigenvalue weighted by Gasteiger charge is -2.27. The first-order valence-electron chi connectivity index (χ1n) is 5.88. The van der Waals surface area contributed by atoms with Crippen molar-refractivity contribution in [3.05, 3.63) is 80.0 Å². The van der Waals surface area contributed by atoms with Gasteiger partial charge in [-0.25, -0.2) is 0 Å². The largest absolute Gasteiger partial charge is 0.381 e. The number of hydrogen-bond donors (Lipinski definition) is 1. The fourth-order valence-electron chi connectivity index (χ4n) is 2.29. The normalized spacial score (nSPS) is 25.1. The standard InChI is InChI=1S/C13H12N2O5/c16-12-8-4-7-11(14(17)18)13(12,15(19)20)9-10-5-2-1-3-6-10/h1-8,12,16H,9H2. The minimum absolute atomic E-state index is 0.251. The molecule has 20 heavy (non-hydrogen) atoms. The highest BCUT2D eigenvalue weighted by Gasteiger charge is 2.60. The summed E-state index contributed by atoms with van der Waals surface area (Å²) in [7, 11) is 0. The summed E-state index contributed by atoms with van der Waals surface area (Å²) >= 11 is 0. The van der Waals surface area contributed by atoms with E-state index in [2.05, 4.69) is 0 Å². The number of rotatable bonds is 4. The van der Waals surface area contributed by atoms with Crippen molar-refractivity contribution in [2.45, 2.75) is 18.1 Å². The molecule has 2 rings (SSSR count). The Labute approximate surface area is 114 Å². The van der Waals surface area contributed by atoms with Crippen molar-refractivity contribution in [1.29, 1.82) is 0 Å². The van der Waals surface area contributed by atoms with Crippen molar-refractivity contribution in [2.75, 3.05) is 0 Å². The first kappa shape index (κ1) is 13.9. The Morgan fingerprint density at radius 2 is 1.85 bits per heavy atom. The molecule has 0 spiro atoms. The van der Waals surface area contributed by atoms with Crippen molar-refractivity contribution < 1.29 is 15.0 Å². The Morgan fingerprint density at radius 1 is 1.20 bits per heavy atom. The molecule has 0 heterocycles. The molecule has 0 bridgehead atoms. The summed E-state index contributed by atoms with van der Waals surface area (Å²) in [6.07, 6.45) is 1.72. The highest BCUT2D eigenvalue weighted by Crippen LogP contribution is 2.33. The van der Waals surface area contributed by atoms with Gasteiger partial charge in [-0.15, -0.1) is 0 Å². The van der Waals surface area contributed by atoms with Gasteiger partial charge in [-0.3, -0.25) is 20.2 Å². The van der Waals surface area contributed by atoms with E-state index < -0.39 is 27.2 Å². The lowest BCUT2D eigenvalue weighted by atomic mass is 9.80. The smallest absolute Gasteiger partial charge is 0.342 e. The third-order valence-corrected chi connectivity index (χ3v) is 3.32. The van der Waals surface area contributed by atoms with Crippen LogP contribution in [0.3, 0.4) is 0 Å². The lowest BCUT2D eigenvalue weighted by Crippen LogP contribution is -2.54. The molecule has 1 aromatic rings. The quantitative estimate of drug-likeness (QED) is 0.659. The summed E-state index contributed by atoms with van der Waals surface area (Å²) in [5, 5.41) is 32.6. The van der Waals surface area contributed by atoms with Crippen LogP contribution in [0.15, 0.2) is 54.3 Å². The molecule has 0 radical (unpaired) electrons. The summed E-state index contributed by atoms with van der Waals surface area (Å²) in [5.41, 5.74) is -2.23. The van der Waals surface area contributed by atoms with Crippen LogP contribution in [0, 0.1) is 20.2 Å². The predicted molar refractivity (Wildman–Crippen MR) is 70.1 cm³/mol. The monoisotopic (exact) mass is 276 g/mol. The fraction of sp³-hybridized carbons (Fsp3) is 0.231. The molecule has 0 saturated heterocycles. The van der Waals surface area contributed by atoms with Gasteiger partial charge in [-0.2, -0.15) is 0 Å². The number of hydrogen-bond acceptors (Lipinski definition) is 5. The predicted octanol–water partition coefficient (Wildman–Crippen LogP) is 1.34. The van der Waals surface area contributed by atoms with Crippen molar-refractivity contribution in [3.8, 4) is 0 Å². The van der Waals surface area contributed by atoms with Crippen molar-refractivity contribution in [3.63, 3.8) is 0 Å². The lowest BCUT2D eigenvalue weighted by molar-refractivity contribution is -0.605. The molecule has 1 aliphatic carbocycles. The number of aliphatic hydroxyl groups is 1. The molecule has 0 amide bonds. The maximum absolute atomic E-state index is 11.5. The molecule has 1 aliphatic rings. The molecule has 0 aliphatic heterocycles. The molecule has 0 aromatic heterocycles. The van der Waals surface area contributed by atoms with Gasteiger partial charge in [0, 0.05) is 11.0 Å². The highest BCUT2D eigenvalue weighted by atomic mass is 16.6. The van der Waals surface area contributed by atoms with Gasteiger partial charge in [0.05, 0.1) is 11.3 Å². The van der Waals surface area contributed by atoms with Crippen LogP contribution >= 0.6 is 0 Å². The van der Waals surface area contributed by atoms with Crippen LogP contribution < -0.4 is 0 Å². The summed E-state index contributed by atoms with van der Waals surface area (Å²) in [4.78, 5) is 21.0. The molecule has 2 atom stereocenters. The van der Waals surface area contributed by atoms with E-state index in [4.69, 9.17) is 0 Å². The van der Waals surface area contributed by atoms with E-state index in [-0.39, 0.29) is 6.42 Å². The minimum Gasteiger partial charge on any atom is -0.381 e. The van der Waals surface area contributed by atoms with Crippen LogP contribution in [0.5, 0.6) is 0 Å². The van der Waals surface area contributed by atoms with Crippen LogP contribution in [0.1, 0.15) is 5.56 Å². The Bertz CT molecular complexity index is 596. The first-order chi connectivity index (χ1) is 9.48. The van der Waals surface area contributed by atoms with E-state index in [1.54, 1.807) is 30.3 Å². The van der Waals surface area contributed by atoms with E-state index in [1.807, 2.05) is 0 Å². The third kappa shape index (κ3) is 2.19. The van der Waals surface area contributed by atoms with Gasteiger partial charge in [0.15, 0.2) is 6.10 Å². The Morgan fingerprint density at radius 3 is 2.40 bits per heavy atom. The van der Waals surface area contributed by atoms with E-state index in [0.717, 1.165) is 6.08 Å². The third-order valence-electron chi connectivity index (χ3n) is 3.32. The molecule has 1 N–H and O–H groups in total. The molecule has 0 fully saturated rings.